The molecule has 2 aliphatic heterocycles. The SMILES string of the molecule is CCOc1ccc([C@@H]2[C@H]3C(=O)N(c4ccc(OCC)cc4)C(=O)[C@H]3ON2c2ccccc2)cc1. The molecule has 2 heterocycles. The third kappa shape index (κ3) is 3.78. The normalized spacial score (nSPS) is 21.6. The Bertz CT molecular complexity index is 1160. The lowest BCUT2D eigenvalue weighted by molar-refractivity contribution is -0.126. The number of para-hydroxylation sites is 1. The van der Waals surface area contributed by atoms with Crippen molar-refractivity contribution in [3.05, 3.63) is 84.4 Å². The van der Waals surface area contributed by atoms with E-state index >= 15 is 0 Å². The van der Waals surface area contributed by atoms with Gasteiger partial charge in [0.05, 0.1) is 30.6 Å². The molecule has 3 aromatic rings. The topological polar surface area (TPSA) is 68.3 Å². The van der Waals surface area contributed by atoms with Gasteiger partial charge in [0.15, 0.2) is 6.10 Å². The van der Waals surface area contributed by atoms with Crippen LogP contribution in [0.5, 0.6) is 11.5 Å². The summed E-state index contributed by atoms with van der Waals surface area (Å²) in [6.07, 6.45) is -0.907. The van der Waals surface area contributed by atoms with E-state index < -0.39 is 18.1 Å². The highest BCUT2D eigenvalue weighted by molar-refractivity contribution is 6.23. The van der Waals surface area contributed by atoms with Crippen LogP contribution in [0.4, 0.5) is 11.4 Å². The van der Waals surface area contributed by atoms with Crippen LogP contribution in [-0.2, 0) is 14.4 Å². The average Bonchev–Trinajstić information content (AvgIpc) is 3.37. The zero-order valence-corrected chi connectivity index (χ0v) is 19.1. The molecule has 174 valence electrons. The van der Waals surface area contributed by atoms with Gasteiger partial charge in [-0.3, -0.25) is 14.4 Å². The smallest absolute Gasteiger partial charge is 0.266 e. The molecule has 34 heavy (non-hydrogen) atoms. The van der Waals surface area contributed by atoms with Gasteiger partial charge in [-0.25, -0.2) is 9.96 Å². The van der Waals surface area contributed by atoms with E-state index in [1.807, 2.05) is 68.4 Å². The van der Waals surface area contributed by atoms with E-state index in [0.29, 0.717) is 24.7 Å². The maximum Gasteiger partial charge on any atom is 0.266 e. The maximum absolute atomic E-state index is 13.7. The summed E-state index contributed by atoms with van der Waals surface area (Å²) in [6.45, 7) is 4.94. The van der Waals surface area contributed by atoms with E-state index in [9.17, 15) is 9.59 Å². The second-order valence-corrected chi connectivity index (χ2v) is 8.10. The summed E-state index contributed by atoms with van der Waals surface area (Å²) in [5, 5.41) is 1.69. The number of nitrogens with zero attached hydrogens (tertiary/aromatic N) is 2. The number of hydrogen-bond acceptors (Lipinski definition) is 6. The number of carbonyl (C=O) groups is 2. The van der Waals surface area contributed by atoms with Crippen molar-refractivity contribution in [3.63, 3.8) is 0 Å². The van der Waals surface area contributed by atoms with E-state index in [2.05, 4.69) is 0 Å². The van der Waals surface area contributed by atoms with Crippen LogP contribution in [0, 0.1) is 5.92 Å². The molecule has 2 saturated heterocycles. The first-order valence-electron chi connectivity index (χ1n) is 11.5. The van der Waals surface area contributed by atoms with Crippen molar-refractivity contribution < 1.29 is 23.9 Å². The number of imide groups is 1. The molecule has 2 aliphatic rings. The largest absolute Gasteiger partial charge is 0.494 e. The van der Waals surface area contributed by atoms with Crippen LogP contribution in [0.2, 0.25) is 0 Å². The van der Waals surface area contributed by atoms with Crippen LogP contribution >= 0.6 is 0 Å². The fraction of sp³-hybridized carbons (Fsp3) is 0.259. The molecule has 7 heteroatoms. The van der Waals surface area contributed by atoms with Crippen molar-refractivity contribution in [1.82, 2.24) is 0 Å². The second-order valence-electron chi connectivity index (χ2n) is 8.10. The van der Waals surface area contributed by atoms with E-state index in [-0.39, 0.29) is 11.8 Å². The number of benzene rings is 3. The van der Waals surface area contributed by atoms with Gasteiger partial charge in [-0.15, -0.1) is 0 Å². The highest BCUT2D eigenvalue weighted by Crippen LogP contribution is 2.47. The summed E-state index contributed by atoms with van der Waals surface area (Å²) in [4.78, 5) is 34.5. The number of ether oxygens (including phenoxy) is 2. The van der Waals surface area contributed by atoms with Crippen LogP contribution in [-0.4, -0.2) is 31.1 Å². The lowest BCUT2D eigenvalue weighted by Crippen LogP contribution is -2.37. The lowest BCUT2D eigenvalue weighted by Gasteiger charge is -2.28. The molecular formula is C27H26N2O5. The van der Waals surface area contributed by atoms with Gasteiger partial charge >= 0.3 is 0 Å². The first-order chi connectivity index (χ1) is 16.6. The number of fused-ring (bicyclic) bond motifs is 1. The Morgan fingerprint density at radius 1 is 0.735 bits per heavy atom. The number of rotatable bonds is 7. The molecule has 2 fully saturated rings. The summed E-state index contributed by atoms with van der Waals surface area (Å²) >= 11 is 0. The van der Waals surface area contributed by atoms with Gasteiger partial charge in [-0.1, -0.05) is 30.3 Å². The fourth-order valence-electron chi connectivity index (χ4n) is 4.59. The molecule has 7 nitrogen and oxygen atoms in total. The molecule has 2 amide bonds. The molecule has 0 unspecified atom stereocenters. The first-order valence-corrected chi connectivity index (χ1v) is 11.5. The zero-order valence-electron chi connectivity index (χ0n) is 19.1. The Kier molecular flexibility index (Phi) is 5.94. The standard InChI is InChI=1S/C27H26N2O5/c1-3-32-21-14-10-18(11-15-21)24-23-25(34-29(24)20-8-6-5-7-9-20)27(31)28(26(23)30)19-12-16-22(17-13-19)33-4-2/h5-17,23-25H,3-4H2,1-2H3/t23-,24-,25+/m1/s1. The number of amides is 2. The Balaban J connectivity index is 1.51. The first kappa shape index (κ1) is 22.0. The van der Waals surface area contributed by atoms with Crippen LogP contribution in [0.25, 0.3) is 0 Å². The number of hydroxylamine groups is 1. The van der Waals surface area contributed by atoms with Crippen molar-refractivity contribution >= 4 is 23.2 Å². The third-order valence-corrected chi connectivity index (χ3v) is 6.06. The highest BCUT2D eigenvalue weighted by atomic mass is 16.7. The summed E-state index contributed by atoms with van der Waals surface area (Å²) in [5.41, 5.74) is 2.16. The predicted octanol–water partition coefficient (Wildman–Crippen LogP) is 4.54. The minimum atomic E-state index is -0.907. The summed E-state index contributed by atoms with van der Waals surface area (Å²) in [7, 11) is 0. The van der Waals surface area contributed by atoms with Crippen molar-refractivity contribution in [2.24, 2.45) is 5.92 Å². The van der Waals surface area contributed by atoms with Crippen LogP contribution in [0.15, 0.2) is 78.9 Å². The van der Waals surface area contributed by atoms with Gasteiger partial charge in [0, 0.05) is 0 Å². The fourth-order valence-corrected chi connectivity index (χ4v) is 4.59. The Morgan fingerprint density at radius 3 is 1.91 bits per heavy atom. The molecule has 3 atom stereocenters. The predicted molar refractivity (Wildman–Crippen MR) is 128 cm³/mol. The van der Waals surface area contributed by atoms with Crippen LogP contribution in [0.1, 0.15) is 25.5 Å². The van der Waals surface area contributed by atoms with E-state index in [0.717, 1.165) is 17.0 Å². The van der Waals surface area contributed by atoms with Gasteiger partial charge in [0.2, 0.25) is 5.91 Å². The molecule has 0 aromatic heterocycles. The Labute approximate surface area is 198 Å². The molecule has 0 N–H and O–H groups in total. The van der Waals surface area contributed by atoms with E-state index in [4.69, 9.17) is 14.3 Å². The maximum atomic E-state index is 13.7. The van der Waals surface area contributed by atoms with Crippen LogP contribution < -0.4 is 19.4 Å². The number of anilines is 2. The van der Waals surface area contributed by atoms with Crippen molar-refractivity contribution in [2.75, 3.05) is 23.2 Å². The minimum absolute atomic E-state index is 0.281. The minimum Gasteiger partial charge on any atom is -0.494 e. The van der Waals surface area contributed by atoms with Crippen LogP contribution in [0.3, 0.4) is 0 Å². The molecule has 5 rings (SSSR count). The molecule has 0 saturated carbocycles. The summed E-state index contributed by atoms with van der Waals surface area (Å²) < 4.78 is 11.1. The molecule has 0 radical (unpaired) electrons. The summed E-state index contributed by atoms with van der Waals surface area (Å²) in [5.74, 6) is 0.101. The van der Waals surface area contributed by atoms with Gasteiger partial charge in [-0.2, -0.15) is 0 Å². The molecule has 3 aromatic carbocycles. The lowest BCUT2D eigenvalue weighted by atomic mass is 9.90. The average molecular weight is 459 g/mol. The Morgan fingerprint density at radius 2 is 1.32 bits per heavy atom. The van der Waals surface area contributed by atoms with Crippen molar-refractivity contribution in [2.45, 2.75) is 26.0 Å². The molecular weight excluding hydrogens is 432 g/mol. The van der Waals surface area contributed by atoms with Gasteiger partial charge < -0.3 is 9.47 Å². The molecule has 0 bridgehead atoms. The third-order valence-electron chi connectivity index (χ3n) is 6.06. The van der Waals surface area contributed by atoms with E-state index in [1.165, 1.54) is 4.90 Å². The monoisotopic (exact) mass is 458 g/mol. The molecule has 0 aliphatic carbocycles. The second kappa shape index (κ2) is 9.19. The number of hydrogen-bond donors (Lipinski definition) is 0. The van der Waals surface area contributed by atoms with Gasteiger partial charge in [-0.05, 0) is 67.9 Å². The zero-order chi connectivity index (χ0) is 23.7. The summed E-state index contributed by atoms with van der Waals surface area (Å²) in [6, 6.07) is 23.6. The highest BCUT2D eigenvalue weighted by Gasteiger charge is 2.60. The Hall–Kier alpha value is -3.84. The number of carbonyl (C=O) groups excluding carboxylic acids is 2. The van der Waals surface area contributed by atoms with E-state index in [1.54, 1.807) is 29.3 Å². The van der Waals surface area contributed by atoms with Gasteiger partial charge in [0.25, 0.3) is 5.91 Å². The van der Waals surface area contributed by atoms with Crippen molar-refractivity contribution in [3.8, 4) is 11.5 Å². The van der Waals surface area contributed by atoms with Gasteiger partial charge in [0.1, 0.15) is 17.4 Å². The quantitative estimate of drug-likeness (QED) is 0.485. The molecule has 0 spiro atoms. The van der Waals surface area contributed by atoms with Crippen molar-refractivity contribution in [1.29, 1.82) is 0 Å².